The van der Waals surface area contributed by atoms with E-state index in [1.807, 2.05) is 38.1 Å². The van der Waals surface area contributed by atoms with Crippen LogP contribution in [0.2, 0.25) is 0 Å². The van der Waals surface area contributed by atoms with Gasteiger partial charge in [-0.05, 0) is 43.7 Å². The van der Waals surface area contributed by atoms with E-state index in [1.165, 1.54) is 6.42 Å². The maximum absolute atomic E-state index is 12.1. The Kier molecular flexibility index (Phi) is 6.39. The second-order valence-corrected chi connectivity index (χ2v) is 6.04. The molecule has 0 radical (unpaired) electrons. The van der Waals surface area contributed by atoms with Crippen molar-refractivity contribution in [3.8, 4) is 5.75 Å². The Morgan fingerprint density at radius 1 is 1.20 bits per heavy atom. The summed E-state index contributed by atoms with van der Waals surface area (Å²) in [5.74, 6) is 0.839. The van der Waals surface area contributed by atoms with Crippen LogP contribution >= 0.6 is 0 Å². The van der Waals surface area contributed by atoms with Crippen molar-refractivity contribution in [2.24, 2.45) is 0 Å². The Morgan fingerprint density at radius 3 is 2.56 bits per heavy atom. The van der Waals surface area contributed by atoms with Gasteiger partial charge in [0.25, 0.3) is 5.91 Å². The van der Waals surface area contributed by atoms with Gasteiger partial charge in [-0.1, -0.05) is 27.2 Å². The summed E-state index contributed by atoms with van der Waals surface area (Å²) >= 11 is 0. The van der Waals surface area contributed by atoms with E-state index in [0.29, 0.717) is 5.71 Å². The van der Waals surface area contributed by atoms with Gasteiger partial charge in [0, 0.05) is 16.8 Å². The largest absolute Gasteiger partial charge is 0.497 e. The Morgan fingerprint density at radius 2 is 1.92 bits per heavy atom. The quantitative estimate of drug-likeness (QED) is 0.730. The van der Waals surface area contributed by atoms with Gasteiger partial charge in [0.1, 0.15) is 5.75 Å². The molecule has 3 rings (SSSR count). The monoisotopic (exact) mass is 342 g/mol. The summed E-state index contributed by atoms with van der Waals surface area (Å²) in [7, 11) is 1.63. The summed E-state index contributed by atoms with van der Waals surface area (Å²) in [5, 5.41) is 4.63. The number of aromatic nitrogens is 1. The molecule has 0 fully saturated rings. The number of pyridine rings is 1. The van der Waals surface area contributed by atoms with Crippen LogP contribution in [-0.2, 0) is 0 Å². The summed E-state index contributed by atoms with van der Waals surface area (Å²) in [6.45, 7) is 8.23. The molecule has 1 N–H and O–H groups in total. The summed E-state index contributed by atoms with van der Waals surface area (Å²) in [6, 6.07) is 9.41. The highest BCUT2D eigenvalue weighted by molar-refractivity contribution is 5.98. The van der Waals surface area contributed by atoms with Crippen molar-refractivity contribution in [3.05, 3.63) is 36.1 Å². The summed E-state index contributed by atoms with van der Waals surface area (Å²) < 4.78 is 10.8. The molecule has 0 aliphatic carbocycles. The lowest BCUT2D eigenvalue weighted by atomic mass is 10.2. The van der Waals surface area contributed by atoms with Crippen molar-refractivity contribution in [2.75, 3.05) is 7.11 Å². The molecular formula is C20H26N2O3. The minimum atomic E-state index is -0.214. The van der Waals surface area contributed by atoms with Gasteiger partial charge in [-0.2, -0.15) is 0 Å². The molecular weight excluding hydrogens is 316 g/mol. The van der Waals surface area contributed by atoms with Crippen molar-refractivity contribution in [3.63, 3.8) is 0 Å². The van der Waals surface area contributed by atoms with E-state index in [2.05, 4.69) is 24.1 Å². The molecule has 0 bridgehead atoms. The number of nitrogens with one attached hydrogen (secondary N) is 1. The lowest BCUT2D eigenvalue weighted by Crippen LogP contribution is -2.31. The molecule has 2 heterocycles. The van der Waals surface area contributed by atoms with E-state index in [1.54, 1.807) is 13.2 Å². The number of hydrogen-bond donors (Lipinski definition) is 1. The number of ether oxygens (including phenoxy) is 1. The Bertz CT molecular complexity index is 855. The van der Waals surface area contributed by atoms with Gasteiger partial charge in [-0.3, -0.25) is 4.79 Å². The topological polar surface area (TPSA) is 64.4 Å². The van der Waals surface area contributed by atoms with Crippen LogP contribution in [0.5, 0.6) is 5.75 Å². The van der Waals surface area contributed by atoms with E-state index in [-0.39, 0.29) is 17.7 Å². The van der Waals surface area contributed by atoms with Crippen LogP contribution in [0, 0.1) is 0 Å². The van der Waals surface area contributed by atoms with Gasteiger partial charge in [0.15, 0.2) is 5.76 Å². The minimum absolute atomic E-state index is 0.108. The molecule has 0 saturated carbocycles. The zero-order valence-electron chi connectivity index (χ0n) is 15.6. The van der Waals surface area contributed by atoms with Crippen molar-refractivity contribution in [1.82, 2.24) is 10.3 Å². The van der Waals surface area contributed by atoms with Crippen molar-refractivity contribution >= 4 is 27.9 Å². The average molecular weight is 342 g/mol. The number of amides is 1. The van der Waals surface area contributed by atoms with Gasteiger partial charge >= 0.3 is 0 Å². The summed E-state index contributed by atoms with van der Waals surface area (Å²) in [6.07, 6.45) is 2.12. The van der Waals surface area contributed by atoms with Crippen molar-refractivity contribution in [2.45, 2.75) is 46.6 Å². The molecule has 0 spiro atoms. The molecule has 0 saturated heterocycles. The maximum Gasteiger partial charge on any atom is 0.287 e. The number of fused-ring (bicyclic) bond motifs is 2. The number of rotatable bonds is 4. The summed E-state index contributed by atoms with van der Waals surface area (Å²) in [4.78, 5) is 16.6. The second-order valence-electron chi connectivity index (χ2n) is 6.04. The fourth-order valence-electron chi connectivity index (χ4n) is 2.25. The first kappa shape index (κ1) is 18.8. The number of hydrogen-bond acceptors (Lipinski definition) is 4. The van der Waals surface area contributed by atoms with Crippen LogP contribution in [0.15, 0.2) is 34.7 Å². The molecule has 0 aliphatic rings. The standard InChI is InChI=1S/C17H18N2O3.C3H8/c1-4-10(2)18-16(20)15-9-12-7-11-8-13(21-3)5-6-14(11)19-17(12)22-15;1-3-2/h5-10H,4H2,1-3H3,(H,18,20);3H2,1-2H3. The van der Waals surface area contributed by atoms with Crippen molar-refractivity contribution < 1.29 is 13.9 Å². The predicted molar refractivity (Wildman–Crippen MR) is 101 cm³/mol. The number of carbonyl (C=O) groups is 1. The van der Waals surface area contributed by atoms with E-state index in [4.69, 9.17) is 9.15 Å². The van der Waals surface area contributed by atoms with E-state index in [9.17, 15) is 4.79 Å². The van der Waals surface area contributed by atoms with Crippen LogP contribution in [0.4, 0.5) is 0 Å². The Hall–Kier alpha value is -2.56. The number of nitrogens with zero attached hydrogens (tertiary/aromatic N) is 1. The average Bonchev–Trinajstić information content (AvgIpc) is 3.02. The minimum Gasteiger partial charge on any atom is -0.497 e. The number of carbonyl (C=O) groups excluding carboxylic acids is 1. The van der Waals surface area contributed by atoms with E-state index in [0.717, 1.165) is 28.5 Å². The first-order valence-corrected chi connectivity index (χ1v) is 8.71. The molecule has 25 heavy (non-hydrogen) atoms. The summed E-state index contributed by atoms with van der Waals surface area (Å²) in [5.41, 5.74) is 1.27. The molecule has 0 aliphatic heterocycles. The third-order valence-corrected chi connectivity index (χ3v) is 3.72. The highest BCUT2D eigenvalue weighted by Crippen LogP contribution is 2.25. The third kappa shape index (κ3) is 4.50. The molecule has 2 aromatic heterocycles. The molecule has 1 atom stereocenters. The van der Waals surface area contributed by atoms with E-state index < -0.39 is 0 Å². The first-order chi connectivity index (χ1) is 12.0. The van der Waals surface area contributed by atoms with Gasteiger partial charge in [0.2, 0.25) is 5.71 Å². The van der Waals surface area contributed by atoms with Gasteiger partial charge in [0.05, 0.1) is 12.6 Å². The lowest BCUT2D eigenvalue weighted by molar-refractivity contribution is 0.0913. The third-order valence-electron chi connectivity index (χ3n) is 3.72. The maximum atomic E-state index is 12.1. The van der Waals surface area contributed by atoms with Gasteiger partial charge in [-0.15, -0.1) is 0 Å². The second kappa shape index (κ2) is 8.51. The Labute approximate surface area is 148 Å². The molecule has 5 nitrogen and oxygen atoms in total. The van der Waals surface area contributed by atoms with Crippen LogP contribution in [0.3, 0.4) is 0 Å². The number of furan rings is 1. The zero-order valence-corrected chi connectivity index (χ0v) is 15.6. The smallest absolute Gasteiger partial charge is 0.287 e. The fourth-order valence-corrected chi connectivity index (χ4v) is 2.25. The van der Waals surface area contributed by atoms with Crippen LogP contribution < -0.4 is 10.1 Å². The van der Waals surface area contributed by atoms with Gasteiger partial charge in [-0.25, -0.2) is 4.98 Å². The van der Waals surface area contributed by atoms with Crippen LogP contribution in [-0.4, -0.2) is 24.0 Å². The number of methoxy groups -OCH3 is 1. The molecule has 1 unspecified atom stereocenters. The van der Waals surface area contributed by atoms with Crippen LogP contribution in [0.1, 0.15) is 51.1 Å². The SMILES string of the molecule is CCC.CCC(C)NC(=O)c1cc2cc3cc(OC)ccc3nc2o1. The lowest BCUT2D eigenvalue weighted by Gasteiger charge is -2.08. The highest BCUT2D eigenvalue weighted by atomic mass is 16.5. The normalized spacial score (nSPS) is 11.7. The Balaban J connectivity index is 0.000000701. The van der Waals surface area contributed by atoms with Gasteiger partial charge < -0.3 is 14.5 Å². The molecule has 1 amide bonds. The molecule has 1 aromatic carbocycles. The predicted octanol–water partition coefficient (Wildman–Crippen LogP) is 4.93. The fraction of sp³-hybridized carbons (Fsp3) is 0.400. The van der Waals surface area contributed by atoms with Crippen molar-refractivity contribution in [1.29, 1.82) is 0 Å². The zero-order chi connectivity index (χ0) is 18.4. The number of benzene rings is 1. The van der Waals surface area contributed by atoms with Crippen LogP contribution in [0.25, 0.3) is 22.0 Å². The molecule has 134 valence electrons. The highest BCUT2D eigenvalue weighted by Gasteiger charge is 2.15. The molecule has 5 heteroatoms. The molecule has 3 aromatic rings. The first-order valence-electron chi connectivity index (χ1n) is 8.71. The van der Waals surface area contributed by atoms with E-state index >= 15 is 0 Å².